The summed E-state index contributed by atoms with van der Waals surface area (Å²) in [6.07, 6.45) is 0.283. The smallest absolute Gasteiger partial charge is 0.257 e. The summed E-state index contributed by atoms with van der Waals surface area (Å²) in [6.45, 7) is 3.74. The highest BCUT2D eigenvalue weighted by molar-refractivity contribution is 7.22. The Morgan fingerprint density at radius 1 is 1.26 bits per heavy atom. The van der Waals surface area contributed by atoms with E-state index in [0.29, 0.717) is 22.0 Å². The minimum Gasteiger partial charge on any atom is -0.497 e. The van der Waals surface area contributed by atoms with E-state index in [-0.39, 0.29) is 18.1 Å². The molecule has 1 aliphatic rings. The molecule has 6 nitrogen and oxygen atoms in total. The molecule has 0 unspecified atom stereocenters. The first-order chi connectivity index (χ1) is 12.8. The molecule has 0 radical (unpaired) electrons. The number of nitrogens with one attached hydrogen (secondary N) is 1. The average Bonchev–Trinajstić information content (AvgIpc) is 3.01. The zero-order chi connectivity index (χ0) is 19.2. The maximum atomic E-state index is 12.6. The predicted molar refractivity (Wildman–Crippen MR) is 104 cm³/mol. The minimum atomic E-state index is -0.532. The fraction of sp³-hybridized carbons (Fsp3) is 0.250. The van der Waals surface area contributed by atoms with E-state index >= 15 is 0 Å². The summed E-state index contributed by atoms with van der Waals surface area (Å²) in [5.74, 6) is 0.907. The first kappa shape index (κ1) is 17.5. The third-order valence-corrected chi connectivity index (χ3v) is 5.26. The number of rotatable bonds is 3. The molecule has 7 heteroatoms. The number of thiazole rings is 1. The number of hydrogen-bond donors (Lipinski definition) is 1. The second kappa shape index (κ2) is 6.35. The Balaban J connectivity index is 1.59. The largest absolute Gasteiger partial charge is 0.497 e. The van der Waals surface area contributed by atoms with E-state index in [1.54, 1.807) is 25.3 Å². The zero-order valence-corrected chi connectivity index (χ0v) is 16.0. The number of Topliss-reactive ketones (excluding diaryl/α,β-unsaturated/α-hetero) is 1. The van der Waals surface area contributed by atoms with Gasteiger partial charge in [0.25, 0.3) is 5.91 Å². The summed E-state index contributed by atoms with van der Waals surface area (Å²) < 4.78 is 12.0. The number of fused-ring (bicyclic) bond motifs is 2. The minimum absolute atomic E-state index is 0.0250. The van der Waals surface area contributed by atoms with Crippen LogP contribution in [-0.2, 0) is 0 Å². The van der Waals surface area contributed by atoms with Crippen molar-refractivity contribution in [2.75, 3.05) is 12.4 Å². The highest BCUT2D eigenvalue weighted by Gasteiger charge is 2.32. The Kier molecular flexibility index (Phi) is 4.11. The molecule has 1 amide bonds. The van der Waals surface area contributed by atoms with Crippen LogP contribution in [0.1, 0.15) is 41.0 Å². The Labute approximate surface area is 160 Å². The van der Waals surface area contributed by atoms with Gasteiger partial charge in [0, 0.05) is 5.56 Å². The van der Waals surface area contributed by atoms with Crippen molar-refractivity contribution < 1.29 is 19.1 Å². The molecular weight excluding hydrogens is 364 g/mol. The molecule has 1 N–H and O–H groups in total. The standard InChI is InChI=1S/C20H18N2O4S/c1-20(2)10-15(23)13-8-11(4-7-16(13)26-20)18(24)22-19-21-14-6-5-12(25-3)9-17(14)27-19/h4-9H,10H2,1-3H3,(H,21,22,24). The van der Waals surface area contributed by atoms with E-state index in [2.05, 4.69) is 10.3 Å². The van der Waals surface area contributed by atoms with E-state index in [4.69, 9.17) is 9.47 Å². The molecule has 138 valence electrons. The van der Waals surface area contributed by atoms with Crippen molar-refractivity contribution in [3.63, 3.8) is 0 Å². The van der Waals surface area contributed by atoms with Gasteiger partial charge in [-0.15, -0.1) is 0 Å². The molecule has 0 saturated carbocycles. The van der Waals surface area contributed by atoms with Gasteiger partial charge in [-0.05, 0) is 50.2 Å². The number of benzene rings is 2. The van der Waals surface area contributed by atoms with Crippen LogP contribution in [0.15, 0.2) is 36.4 Å². The molecule has 0 bridgehead atoms. The summed E-state index contributed by atoms with van der Waals surface area (Å²) in [7, 11) is 1.60. The molecule has 1 aromatic heterocycles. The van der Waals surface area contributed by atoms with E-state index in [9.17, 15) is 9.59 Å². The monoisotopic (exact) mass is 382 g/mol. The Morgan fingerprint density at radius 3 is 2.85 bits per heavy atom. The fourth-order valence-electron chi connectivity index (χ4n) is 3.05. The molecule has 0 atom stereocenters. The Morgan fingerprint density at radius 2 is 2.07 bits per heavy atom. The average molecular weight is 382 g/mol. The lowest BCUT2D eigenvalue weighted by atomic mass is 9.92. The quantitative estimate of drug-likeness (QED) is 0.731. The number of amides is 1. The van der Waals surface area contributed by atoms with Crippen molar-refractivity contribution in [2.24, 2.45) is 0 Å². The van der Waals surface area contributed by atoms with Crippen LogP contribution >= 0.6 is 11.3 Å². The van der Waals surface area contributed by atoms with Gasteiger partial charge in [0.1, 0.15) is 17.1 Å². The molecule has 0 spiro atoms. The molecule has 2 heterocycles. The third kappa shape index (κ3) is 3.38. The fourth-order valence-corrected chi connectivity index (χ4v) is 3.94. The van der Waals surface area contributed by atoms with Gasteiger partial charge in [-0.1, -0.05) is 11.3 Å². The third-order valence-electron chi connectivity index (χ3n) is 4.33. The van der Waals surface area contributed by atoms with Crippen molar-refractivity contribution in [3.05, 3.63) is 47.5 Å². The molecule has 3 aromatic rings. The van der Waals surface area contributed by atoms with Gasteiger partial charge in [-0.2, -0.15) is 0 Å². The van der Waals surface area contributed by atoms with Crippen LogP contribution in [0, 0.1) is 0 Å². The number of carbonyl (C=O) groups excluding carboxylic acids is 2. The van der Waals surface area contributed by atoms with Crippen LogP contribution in [0.2, 0.25) is 0 Å². The molecule has 0 fully saturated rings. The number of aromatic nitrogens is 1. The summed E-state index contributed by atoms with van der Waals surface area (Å²) in [4.78, 5) is 29.4. The predicted octanol–water partition coefficient (Wildman–Crippen LogP) is 4.30. The van der Waals surface area contributed by atoms with Crippen LogP contribution in [0.5, 0.6) is 11.5 Å². The second-order valence-electron chi connectivity index (χ2n) is 6.98. The number of methoxy groups -OCH3 is 1. The van der Waals surface area contributed by atoms with Crippen LogP contribution < -0.4 is 14.8 Å². The summed E-state index contributed by atoms with van der Waals surface area (Å²) in [6, 6.07) is 10.4. The van der Waals surface area contributed by atoms with Gasteiger partial charge in [-0.3, -0.25) is 14.9 Å². The Hall–Kier alpha value is -2.93. The number of ketones is 1. The van der Waals surface area contributed by atoms with Gasteiger partial charge in [0.2, 0.25) is 0 Å². The van der Waals surface area contributed by atoms with Crippen molar-refractivity contribution in [2.45, 2.75) is 25.9 Å². The van der Waals surface area contributed by atoms with E-state index < -0.39 is 5.60 Å². The summed E-state index contributed by atoms with van der Waals surface area (Å²) in [5.41, 5.74) is 1.08. The number of nitrogens with zero attached hydrogens (tertiary/aromatic N) is 1. The van der Waals surface area contributed by atoms with Gasteiger partial charge in [-0.25, -0.2) is 4.98 Å². The molecule has 2 aromatic carbocycles. The lowest BCUT2D eigenvalue weighted by Gasteiger charge is -2.31. The summed E-state index contributed by atoms with van der Waals surface area (Å²) >= 11 is 1.36. The SMILES string of the molecule is COc1ccc2nc(NC(=O)c3ccc4c(c3)C(=O)CC(C)(C)O4)sc2c1. The highest BCUT2D eigenvalue weighted by Crippen LogP contribution is 2.34. The van der Waals surface area contributed by atoms with Crippen LogP contribution in [0.4, 0.5) is 5.13 Å². The number of carbonyl (C=O) groups is 2. The van der Waals surface area contributed by atoms with Crippen molar-refractivity contribution in [1.29, 1.82) is 0 Å². The van der Waals surface area contributed by atoms with Crippen molar-refractivity contribution in [3.8, 4) is 11.5 Å². The first-order valence-corrected chi connectivity index (χ1v) is 9.28. The topological polar surface area (TPSA) is 77.5 Å². The van der Waals surface area contributed by atoms with Crippen LogP contribution in [-0.4, -0.2) is 29.4 Å². The lowest BCUT2D eigenvalue weighted by Crippen LogP contribution is -2.36. The number of hydrogen-bond acceptors (Lipinski definition) is 6. The van der Waals surface area contributed by atoms with E-state index in [1.807, 2.05) is 32.0 Å². The zero-order valence-electron chi connectivity index (χ0n) is 15.2. The molecule has 1 aliphatic heterocycles. The van der Waals surface area contributed by atoms with Crippen molar-refractivity contribution >= 4 is 38.4 Å². The maximum Gasteiger partial charge on any atom is 0.257 e. The number of ether oxygens (including phenoxy) is 2. The molecular formula is C20H18N2O4S. The van der Waals surface area contributed by atoms with Crippen LogP contribution in [0.3, 0.4) is 0 Å². The van der Waals surface area contributed by atoms with Crippen molar-refractivity contribution in [1.82, 2.24) is 4.98 Å². The molecule has 27 heavy (non-hydrogen) atoms. The van der Waals surface area contributed by atoms with Gasteiger partial charge in [0.05, 0.1) is 29.3 Å². The lowest BCUT2D eigenvalue weighted by molar-refractivity contribution is 0.0620. The summed E-state index contributed by atoms with van der Waals surface area (Å²) in [5, 5.41) is 3.29. The van der Waals surface area contributed by atoms with Gasteiger partial charge >= 0.3 is 0 Å². The second-order valence-corrected chi connectivity index (χ2v) is 8.01. The van der Waals surface area contributed by atoms with E-state index in [0.717, 1.165) is 16.0 Å². The van der Waals surface area contributed by atoms with E-state index in [1.165, 1.54) is 11.3 Å². The number of anilines is 1. The highest BCUT2D eigenvalue weighted by atomic mass is 32.1. The van der Waals surface area contributed by atoms with Gasteiger partial charge in [0.15, 0.2) is 10.9 Å². The normalized spacial score (nSPS) is 15.1. The molecule has 4 rings (SSSR count). The van der Waals surface area contributed by atoms with Crippen LogP contribution in [0.25, 0.3) is 10.2 Å². The molecule has 0 aliphatic carbocycles. The Bertz CT molecular complexity index is 1070. The first-order valence-electron chi connectivity index (χ1n) is 8.47. The van der Waals surface area contributed by atoms with Gasteiger partial charge < -0.3 is 9.47 Å². The maximum absolute atomic E-state index is 12.6. The molecule has 0 saturated heterocycles.